The second-order valence-electron chi connectivity index (χ2n) is 4.09. The fourth-order valence-corrected chi connectivity index (χ4v) is 2.56. The second kappa shape index (κ2) is 4.71. The van der Waals surface area contributed by atoms with Crippen molar-refractivity contribution in [2.75, 3.05) is 0 Å². The van der Waals surface area contributed by atoms with Crippen molar-refractivity contribution in [3.8, 4) is 0 Å². The highest BCUT2D eigenvalue weighted by Crippen LogP contribution is 2.18. The molecule has 0 aliphatic heterocycles. The molecule has 0 spiro atoms. The van der Waals surface area contributed by atoms with E-state index in [9.17, 15) is 4.79 Å². The van der Waals surface area contributed by atoms with Crippen LogP contribution in [0.25, 0.3) is 10.8 Å². The number of fused-ring (bicyclic) bond motifs is 1. The maximum absolute atomic E-state index is 12.3. The first-order chi connectivity index (χ1) is 9.16. The summed E-state index contributed by atoms with van der Waals surface area (Å²) in [5.41, 5.74) is 1.22. The highest BCUT2D eigenvalue weighted by molar-refractivity contribution is 7.10. The Balaban J connectivity index is 2.18. The minimum atomic E-state index is -0.148. The van der Waals surface area contributed by atoms with Gasteiger partial charge in [0, 0.05) is 16.9 Å². The molecule has 0 N–H and O–H groups in total. The standard InChI is InChI=1S/C12H9ClN4OS/c1-7-8-4-2-3-5-9(8)12(18)17(15-7)6-10-11(13)19-16-14-10/h2-5H,6H2,1H3. The molecule has 0 unspecified atom stereocenters. The van der Waals surface area contributed by atoms with Gasteiger partial charge in [0.05, 0.1) is 17.6 Å². The SMILES string of the molecule is Cc1nn(Cc2nnsc2Cl)c(=O)c2ccccc12. The first-order valence-electron chi connectivity index (χ1n) is 5.60. The van der Waals surface area contributed by atoms with E-state index >= 15 is 0 Å². The van der Waals surface area contributed by atoms with Gasteiger partial charge in [-0.15, -0.1) is 5.10 Å². The summed E-state index contributed by atoms with van der Waals surface area (Å²) in [7, 11) is 0. The Morgan fingerprint density at radius 3 is 2.74 bits per heavy atom. The number of halogens is 1. The summed E-state index contributed by atoms with van der Waals surface area (Å²) in [4.78, 5) is 12.3. The average Bonchev–Trinajstić information content (AvgIpc) is 2.81. The van der Waals surface area contributed by atoms with Crippen LogP contribution in [-0.2, 0) is 6.54 Å². The van der Waals surface area contributed by atoms with Crippen LogP contribution in [0.2, 0.25) is 4.34 Å². The maximum atomic E-state index is 12.3. The van der Waals surface area contributed by atoms with E-state index in [2.05, 4.69) is 14.7 Å². The maximum Gasteiger partial charge on any atom is 0.275 e. The van der Waals surface area contributed by atoms with Gasteiger partial charge in [-0.25, -0.2) is 4.68 Å². The number of aromatic nitrogens is 4. The predicted molar refractivity (Wildman–Crippen MR) is 74.8 cm³/mol. The van der Waals surface area contributed by atoms with Crippen molar-refractivity contribution in [2.45, 2.75) is 13.5 Å². The van der Waals surface area contributed by atoms with Gasteiger partial charge in [-0.05, 0) is 13.0 Å². The number of hydrogen-bond acceptors (Lipinski definition) is 5. The molecule has 3 aromatic rings. The Kier molecular flexibility index (Phi) is 3.04. The molecule has 5 nitrogen and oxygen atoms in total. The molecule has 96 valence electrons. The molecule has 0 saturated heterocycles. The van der Waals surface area contributed by atoms with Crippen molar-refractivity contribution >= 4 is 33.9 Å². The summed E-state index contributed by atoms with van der Waals surface area (Å²) in [5.74, 6) is 0. The van der Waals surface area contributed by atoms with Gasteiger partial charge in [0.1, 0.15) is 10.0 Å². The number of benzene rings is 1. The fraction of sp³-hybridized carbons (Fsp3) is 0.167. The molecule has 0 aliphatic rings. The van der Waals surface area contributed by atoms with E-state index in [1.165, 1.54) is 4.68 Å². The molecule has 19 heavy (non-hydrogen) atoms. The van der Waals surface area contributed by atoms with Gasteiger partial charge in [-0.1, -0.05) is 34.3 Å². The fourth-order valence-electron chi connectivity index (χ4n) is 1.94. The second-order valence-corrected chi connectivity index (χ2v) is 5.44. The predicted octanol–water partition coefficient (Wildman–Crippen LogP) is 2.26. The molecule has 1 aromatic carbocycles. The quantitative estimate of drug-likeness (QED) is 0.727. The Morgan fingerprint density at radius 2 is 2.05 bits per heavy atom. The van der Waals surface area contributed by atoms with Crippen LogP contribution in [0.5, 0.6) is 0 Å². The third kappa shape index (κ3) is 2.13. The molecule has 2 heterocycles. The smallest absolute Gasteiger partial charge is 0.267 e. The Hall–Kier alpha value is -1.79. The molecule has 0 bridgehead atoms. The average molecular weight is 293 g/mol. The number of aryl methyl sites for hydroxylation is 1. The van der Waals surface area contributed by atoms with Crippen LogP contribution < -0.4 is 5.56 Å². The molecule has 0 aliphatic carbocycles. The van der Waals surface area contributed by atoms with Crippen LogP contribution in [0.3, 0.4) is 0 Å². The van der Waals surface area contributed by atoms with Crippen molar-refractivity contribution in [3.05, 3.63) is 50.3 Å². The largest absolute Gasteiger partial charge is 0.275 e. The zero-order valence-corrected chi connectivity index (χ0v) is 11.6. The zero-order chi connectivity index (χ0) is 13.4. The molecule has 0 saturated carbocycles. The number of rotatable bonds is 2. The molecule has 0 radical (unpaired) electrons. The summed E-state index contributed by atoms with van der Waals surface area (Å²) >= 11 is 7.05. The van der Waals surface area contributed by atoms with E-state index < -0.39 is 0 Å². The van der Waals surface area contributed by atoms with Crippen LogP contribution >= 0.6 is 23.1 Å². The third-order valence-corrected chi connectivity index (χ3v) is 3.85. The van der Waals surface area contributed by atoms with E-state index in [0.717, 1.165) is 22.6 Å². The van der Waals surface area contributed by atoms with Crippen LogP contribution in [0.1, 0.15) is 11.4 Å². The van der Waals surface area contributed by atoms with Crippen LogP contribution in [0, 0.1) is 6.92 Å². The van der Waals surface area contributed by atoms with E-state index in [0.29, 0.717) is 15.4 Å². The highest BCUT2D eigenvalue weighted by Gasteiger charge is 2.11. The molecule has 7 heteroatoms. The summed E-state index contributed by atoms with van der Waals surface area (Å²) in [5, 5.41) is 9.71. The summed E-state index contributed by atoms with van der Waals surface area (Å²) < 4.78 is 5.61. The highest BCUT2D eigenvalue weighted by atomic mass is 35.5. The van der Waals surface area contributed by atoms with Crippen molar-refractivity contribution in [3.63, 3.8) is 0 Å². The first kappa shape index (κ1) is 12.3. The Bertz CT molecular complexity index is 811. The van der Waals surface area contributed by atoms with E-state index in [4.69, 9.17) is 11.6 Å². The summed E-state index contributed by atoms with van der Waals surface area (Å²) in [6, 6.07) is 7.41. The van der Waals surface area contributed by atoms with Crippen molar-refractivity contribution < 1.29 is 0 Å². The van der Waals surface area contributed by atoms with E-state index in [-0.39, 0.29) is 12.1 Å². The van der Waals surface area contributed by atoms with Gasteiger partial charge < -0.3 is 0 Å². The van der Waals surface area contributed by atoms with Crippen LogP contribution in [0.15, 0.2) is 29.1 Å². The van der Waals surface area contributed by atoms with Gasteiger partial charge in [0.2, 0.25) is 0 Å². The zero-order valence-electron chi connectivity index (χ0n) is 10.00. The Morgan fingerprint density at radius 1 is 1.32 bits per heavy atom. The Labute approximate surface area is 117 Å². The van der Waals surface area contributed by atoms with Gasteiger partial charge in [0.15, 0.2) is 0 Å². The lowest BCUT2D eigenvalue weighted by Gasteiger charge is -2.07. The number of hydrogen-bond donors (Lipinski definition) is 0. The summed E-state index contributed by atoms with van der Waals surface area (Å²) in [6.45, 7) is 2.11. The van der Waals surface area contributed by atoms with Gasteiger partial charge in [-0.3, -0.25) is 4.79 Å². The van der Waals surface area contributed by atoms with E-state index in [1.807, 2.05) is 25.1 Å². The van der Waals surface area contributed by atoms with Crippen molar-refractivity contribution in [2.24, 2.45) is 0 Å². The van der Waals surface area contributed by atoms with Crippen molar-refractivity contribution in [1.82, 2.24) is 19.4 Å². The lowest BCUT2D eigenvalue weighted by Crippen LogP contribution is -2.24. The third-order valence-electron chi connectivity index (χ3n) is 2.86. The summed E-state index contributed by atoms with van der Waals surface area (Å²) in [6.07, 6.45) is 0. The lowest BCUT2D eigenvalue weighted by atomic mass is 10.1. The molecule has 2 aromatic heterocycles. The minimum Gasteiger partial charge on any atom is -0.267 e. The van der Waals surface area contributed by atoms with Gasteiger partial charge in [0.25, 0.3) is 5.56 Å². The molecule has 0 amide bonds. The van der Waals surface area contributed by atoms with Gasteiger partial charge >= 0.3 is 0 Å². The van der Waals surface area contributed by atoms with E-state index in [1.54, 1.807) is 6.07 Å². The molecule has 3 rings (SSSR count). The first-order valence-corrected chi connectivity index (χ1v) is 6.75. The topological polar surface area (TPSA) is 60.7 Å². The lowest BCUT2D eigenvalue weighted by molar-refractivity contribution is 0.625. The minimum absolute atomic E-state index is 0.148. The van der Waals surface area contributed by atoms with Crippen LogP contribution in [-0.4, -0.2) is 19.4 Å². The number of nitrogens with zero attached hydrogens (tertiary/aromatic N) is 4. The normalized spacial score (nSPS) is 11.1. The van der Waals surface area contributed by atoms with Gasteiger partial charge in [-0.2, -0.15) is 5.10 Å². The monoisotopic (exact) mass is 292 g/mol. The molecular weight excluding hydrogens is 284 g/mol. The molecule has 0 fully saturated rings. The van der Waals surface area contributed by atoms with Crippen LogP contribution in [0.4, 0.5) is 0 Å². The molecule has 0 atom stereocenters. The molecular formula is C12H9ClN4OS. The van der Waals surface area contributed by atoms with Crippen molar-refractivity contribution in [1.29, 1.82) is 0 Å².